The Balaban J connectivity index is 1.33. The molecule has 6 rings (SSSR count). The average Bonchev–Trinajstić information content (AvgIpc) is 3.66. The lowest BCUT2D eigenvalue weighted by Gasteiger charge is -2.35. The second kappa shape index (κ2) is 13.4. The molecule has 11 nitrogen and oxygen atoms in total. The molecule has 1 fully saturated rings. The van der Waals surface area contributed by atoms with Gasteiger partial charge in [-0.1, -0.05) is 67.0 Å². The highest BCUT2D eigenvalue weighted by Gasteiger charge is 2.32. The van der Waals surface area contributed by atoms with Crippen LogP contribution in [0.3, 0.4) is 0 Å². The normalized spacial score (nSPS) is 17.7. The van der Waals surface area contributed by atoms with Crippen LogP contribution in [-0.2, 0) is 17.6 Å². The Kier molecular flexibility index (Phi) is 9.29. The quantitative estimate of drug-likeness (QED) is 0.185. The lowest BCUT2D eigenvalue weighted by atomic mass is 9.91. The van der Waals surface area contributed by atoms with Crippen LogP contribution in [0.4, 0.5) is 0 Å². The first-order chi connectivity index (χ1) is 22.5. The lowest BCUT2D eigenvalue weighted by molar-refractivity contribution is -0.118. The minimum absolute atomic E-state index is 0.00496. The van der Waals surface area contributed by atoms with Crippen molar-refractivity contribution in [1.82, 2.24) is 29.3 Å². The molecular weight excluding hydrogens is 596 g/mol. The number of hydrogen-bond acceptors (Lipinski definition) is 8. The predicted octanol–water partition coefficient (Wildman–Crippen LogP) is 5.80. The van der Waals surface area contributed by atoms with Crippen molar-refractivity contribution in [2.45, 2.75) is 110 Å². The molecule has 3 heterocycles. The van der Waals surface area contributed by atoms with Crippen molar-refractivity contribution < 1.29 is 14.4 Å². The first kappa shape index (κ1) is 32.6. The van der Waals surface area contributed by atoms with Crippen LogP contribution in [0.1, 0.15) is 94.9 Å². The summed E-state index contributed by atoms with van der Waals surface area (Å²) in [6.45, 7) is 9.46. The van der Waals surface area contributed by atoms with Gasteiger partial charge in [-0.2, -0.15) is 10.1 Å². The summed E-state index contributed by atoms with van der Waals surface area (Å²) in [6.07, 6.45) is 6.05. The van der Waals surface area contributed by atoms with Crippen molar-refractivity contribution in [2.75, 3.05) is 0 Å². The van der Waals surface area contributed by atoms with E-state index >= 15 is 0 Å². The Labute approximate surface area is 273 Å². The molecule has 1 aliphatic carbocycles. The first-order valence-electron chi connectivity index (χ1n) is 16.7. The summed E-state index contributed by atoms with van der Waals surface area (Å²) in [5.41, 5.74) is 4.38. The molecule has 3 aromatic heterocycles. The third-order valence-corrected chi connectivity index (χ3v) is 9.43. The molecule has 0 saturated heterocycles. The number of rotatable bonds is 11. The fourth-order valence-electron chi connectivity index (χ4n) is 6.52. The van der Waals surface area contributed by atoms with E-state index in [1.165, 1.54) is 0 Å². The minimum atomic E-state index is -0.916. The highest BCUT2D eigenvalue weighted by atomic mass is 16.5. The number of aryl methyl sites for hydroxylation is 2. The van der Waals surface area contributed by atoms with E-state index in [2.05, 4.69) is 17.1 Å². The monoisotopic (exact) mass is 640 g/mol. The second-order valence-corrected chi connectivity index (χ2v) is 13.3. The number of unbranched alkanes of at least 4 members (excludes halogenated alkanes) is 1. The molecule has 0 aliphatic heterocycles. The molecule has 2 aromatic carbocycles. The average molecular weight is 641 g/mol. The van der Waals surface area contributed by atoms with E-state index in [9.17, 15) is 14.7 Å². The topological polar surface area (TPSA) is 141 Å². The smallest absolute Gasteiger partial charge is 0.388 e. The Morgan fingerprint density at radius 3 is 2.40 bits per heavy atom. The number of nitrogens with zero attached hydrogens (tertiary/aromatic N) is 5. The molecule has 1 saturated carbocycles. The maximum atomic E-state index is 14.5. The molecule has 0 radical (unpaired) electrons. The SMILES string of the molecule is CCCCc1c(Cc2ccc(-c3ccccc3-c3noc(=O)[nH]3)cc2)c(=O)n([C@H]2CC[C@H](OC(C)C(C)(C)O)CC2)c2nc(C)nn12. The summed E-state index contributed by atoms with van der Waals surface area (Å²) in [7, 11) is 0. The molecular formula is C36H44N6O5. The molecule has 1 atom stereocenters. The highest BCUT2D eigenvalue weighted by Crippen LogP contribution is 2.33. The van der Waals surface area contributed by atoms with Crippen LogP contribution in [0.2, 0.25) is 0 Å². The van der Waals surface area contributed by atoms with Crippen LogP contribution in [0.25, 0.3) is 28.3 Å². The number of ether oxygens (including phenoxy) is 1. The Morgan fingerprint density at radius 2 is 1.77 bits per heavy atom. The third-order valence-electron chi connectivity index (χ3n) is 9.43. The van der Waals surface area contributed by atoms with Crippen LogP contribution >= 0.6 is 0 Å². The third kappa shape index (κ3) is 6.87. The van der Waals surface area contributed by atoms with Crippen molar-refractivity contribution in [3.8, 4) is 22.5 Å². The van der Waals surface area contributed by atoms with Gasteiger partial charge >= 0.3 is 5.76 Å². The number of aromatic amines is 1. The molecule has 1 aliphatic rings. The zero-order valence-corrected chi connectivity index (χ0v) is 27.8. The zero-order chi connectivity index (χ0) is 33.3. The van der Waals surface area contributed by atoms with Gasteiger partial charge in [0.05, 0.1) is 23.5 Å². The number of hydrogen-bond donors (Lipinski definition) is 2. The van der Waals surface area contributed by atoms with E-state index in [0.29, 0.717) is 23.8 Å². The van der Waals surface area contributed by atoms with Gasteiger partial charge < -0.3 is 9.84 Å². The van der Waals surface area contributed by atoms with Gasteiger partial charge in [-0.05, 0) is 82.9 Å². The van der Waals surface area contributed by atoms with Crippen molar-refractivity contribution in [1.29, 1.82) is 0 Å². The van der Waals surface area contributed by atoms with Gasteiger partial charge in [0.15, 0.2) is 5.82 Å². The molecule has 2 N–H and O–H groups in total. The minimum Gasteiger partial charge on any atom is -0.388 e. The Morgan fingerprint density at radius 1 is 1.06 bits per heavy atom. The van der Waals surface area contributed by atoms with E-state index < -0.39 is 11.4 Å². The summed E-state index contributed by atoms with van der Waals surface area (Å²) in [5, 5.41) is 19.0. The number of fused-ring (bicyclic) bond motifs is 1. The molecule has 0 spiro atoms. The van der Waals surface area contributed by atoms with E-state index in [1.54, 1.807) is 13.8 Å². The van der Waals surface area contributed by atoms with E-state index in [0.717, 1.165) is 78.5 Å². The Bertz CT molecular complexity index is 1950. The molecule has 1 unspecified atom stereocenters. The zero-order valence-electron chi connectivity index (χ0n) is 27.8. The van der Waals surface area contributed by atoms with Gasteiger partial charge in [0, 0.05) is 23.6 Å². The van der Waals surface area contributed by atoms with Crippen molar-refractivity contribution >= 4 is 5.78 Å². The Hall–Kier alpha value is -4.35. The van der Waals surface area contributed by atoms with Gasteiger partial charge in [0.25, 0.3) is 5.56 Å². The predicted molar refractivity (Wildman–Crippen MR) is 180 cm³/mol. The molecule has 11 heteroatoms. The van der Waals surface area contributed by atoms with Crippen LogP contribution in [0, 0.1) is 6.92 Å². The number of nitrogens with one attached hydrogen (secondary N) is 1. The van der Waals surface area contributed by atoms with Crippen LogP contribution in [-0.4, -0.2) is 52.2 Å². The number of H-pyrrole nitrogens is 1. The van der Waals surface area contributed by atoms with Gasteiger partial charge in [-0.3, -0.25) is 18.9 Å². The van der Waals surface area contributed by atoms with Crippen LogP contribution in [0.5, 0.6) is 0 Å². The molecule has 0 amide bonds. The maximum Gasteiger partial charge on any atom is 0.439 e. The van der Waals surface area contributed by atoms with Gasteiger partial charge in [0.1, 0.15) is 5.82 Å². The van der Waals surface area contributed by atoms with Crippen molar-refractivity contribution in [3.63, 3.8) is 0 Å². The van der Waals surface area contributed by atoms with E-state index in [1.807, 2.05) is 71.5 Å². The number of benzene rings is 2. The van der Waals surface area contributed by atoms with Crippen LogP contribution < -0.4 is 11.3 Å². The lowest BCUT2D eigenvalue weighted by Crippen LogP contribution is -2.40. The van der Waals surface area contributed by atoms with E-state index in [-0.39, 0.29) is 23.8 Å². The second-order valence-electron chi connectivity index (χ2n) is 13.3. The number of aromatic nitrogens is 6. The molecule has 5 aromatic rings. The fraction of sp³-hybridized carbons (Fsp3) is 0.472. The summed E-state index contributed by atoms with van der Waals surface area (Å²) < 4.78 is 14.7. The van der Waals surface area contributed by atoms with Gasteiger partial charge in [0.2, 0.25) is 5.78 Å². The summed E-state index contributed by atoms with van der Waals surface area (Å²) >= 11 is 0. The maximum absolute atomic E-state index is 14.5. The van der Waals surface area contributed by atoms with Crippen molar-refractivity contribution in [2.24, 2.45) is 0 Å². The first-order valence-corrected chi connectivity index (χ1v) is 16.7. The van der Waals surface area contributed by atoms with Gasteiger partial charge in [-0.15, -0.1) is 0 Å². The highest BCUT2D eigenvalue weighted by molar-refractivity contribution is 5.80. The summed E-state index contributed by atoms with van der Waals surface area (Å²) in [4.78, 5) is 33.5. The summed E-state index contributed by atoms with van der Waals surface area (Å²) in [5.74, 6) is 1.02. The number of aliphatic hydroxyl groups is 1. The largest absolute Gasteiger partial charge is 0.439 e. The standard InChI is InChI=1S/C36H44N6O5/c1-6-7-12-31-30(21-24-13-15-25(16-14-24)28-10-8-9-11-29(28)32-38-35(44)47-40-32)33(43)41(34-37-23(3)39-42(31)34)26-17-19-27(20-18-26)46-22(2)36(4,5)45/h8-11,13-16,22,26-27,45H,6-7,12,17-21H2,1-5H3,(H,38,40,44)/t22?,26-,27-. The van der Waals surface area contributed by atoms with Crippen LogP contribution in [0.15, 0.2) is 62.6 Å². The van der Waals surface area contributed by atoms with E-state index in [4.69, 9.17) is 19.3 Å². The molecule has 0 bridgehead atoms. The van der Waals surface area contributed by atoms with Gasteiger partial charge in [-0.25, -0.2) is 9.31 Å². The summed E-state index contributed by atoms with van der Waals surface area (Å²) in [6, 6.07) is 15.8. The molecule has 47 heavy (non-hydrogen) atoms. The molecule has 248 valence electrons. The fourth-order valence-corrected chi connectivity index (χ4v) is 6.52. The van der Waals surface area contributed by atoms with Crippen molar-refractivity contribution in [3.05, 3.63) is 92.1 Å².